The van der Waals surface area contributed by atoms with Crippen LogP contribution in [0.4, 0.5) is 0 Å². The van der Waals surface area contributed by atoms with E-state index in [0.29, 0.717) is 0 Å². The Labute approximate surface area is 194 Å². The van der Waals surface area contributed by atoms with Crippen LogP contribution < -0.4 is 10.6 Å². The summed E-state index contributed by atoms with van der Waals surface area (Å²) in [5.74, 6) is 0.159. The highest BCUT2D eigenvalue weighted by molar-refractivity contribution is 5.84. The monoisotopic (exact) mass is 436 g/mol. The van der Waals surface area contributed by atoms with Crippen molar-refractivity contribution in [3.63, 3.8) is 0 Å². The quantitative estimate of drug-likeness (QED) is 0.339. The molecule has 4 heteroatoms. The Morgan fingerprint density at radius 1 is 0.594 bits per heavy atom. The summed E-state index contributed by atoms with van der Waals surface area (Å²) >= 11 is 0. The first-order valence-corrected chi connectivity index (χ1v) is 12.3. The number of nitrogens with one attached hydrogen (secondary N) is 2. The summed E-state index contributed by atoms with van der Waals surface area (Å²) in [6, 6.07) is 20.0. The lowest BCUT2D eigenvalue weighted by Gasteiger charge is -2.15. The van der Waals surface area contributed by atoms with Gasteiger partial charge in [-0.05, 0) is 36.8 Å². The second kappa shape index (κ2) is 15.2. The minimum absolute atomic E-state index is 0.0550. The average Bonchev–Trinajstić information content (AvgIpc) is 2.82. The number of benzene rings is 2. The normalized spacial score (nSPS) is 12.7. The smallest absolute Gasteiger partial charge is 0.227 e. The fourth-order valence-electron chi connectivity index (χ4n) is 4.14. The number of hydrogen-bond acceptors (Lipinski definition) is 2. The topological polar surface area (TPSA) is 58.2 Å². The Hall–Kier alpha value is -2.62. The average molecular weight is 437 g/mol. The van der Waals surface area contributed by atoms with Crippen molar-refractivity contribution >= 4 is 11.8 Å². The molecule has 2 unspecified atom stereocenters. The van der Waals surface area contributed by atoms with Crippen molar-refractivity contribution in [3.8, 4) is 0 Å². The third-order valence-corrected chi connectivity index (χ3v) is 6.06. The highest BCUT2D eigenvalue weighted by Gasteiger charge is 2.18. The lowest BCUT2D eigenvalue weighted by Crippen LogP contribution is -2.30. The Morgan fingerprint density at radius 3 is 1.28 bits per heavy atom. The first-order valence-electron chi connectivity index (χ1n) is 12.3. The maximum atomic E-state index is 12.5. The molecule has 32 heavy (non-hydrogen) atoms. The fourth-order valence-corrected chi connectivity index (χ4v) is 4.14. The van der Waals surface area contributed by atoms with Gasteiger partial charge in [-0.2, -0.15) is 0 Å². The lowest BCUT2D eigenvalue weighted by molar-refractivity contribution is -0.123. The molecular formula is C28H40N2O2. The van der Waals surface area contributed by atoms with Crippen molar-refractivity contribution in [3.05, 3.63) is 71.8 Å². The Bertz CT molecular complexity index is 709. The second-order valence-corrected chi connectivity index (χ2v) is 8.45. The number of carbonyl (C=O) groups excluding carboxylic acids is 2. The minimum Gasteiger partial charge on any atom is -0.356 e. The number of rotatable bonds is 15. The van der Waals surface area contributed by atoms with Gasteiger partial charge in [-0.15, -0.1) is 0 Å². The van der Waals surface area contributed by atoms with Crippen LogP contribution in [0.15, 0.2) is 60.7 Å². The molecule has 4 nitrogen and oxygen atoms in total. The molecule has 2 aromatic rings. The van der Waals surface area contributed by atoms with Gasteiger partial charge in [0.25, 0.3) is 0 Å². The third-order valence-electron chi connectivity index (χ3n) is 6.06. The van der Waals surface area contributed by atoms with Crippen molar-refractivity contribution in [2.75, 3.05) is 13.1 Å². The highest BCUT2D eigenvalue weighted by atomic mass is 16.2. The molecule has 0 heterocycles. The number of unbranched alkanes of at least 4 members (excludes halogenated alkanes) is 5. The van der Waals surface area contributed by atoms with E-state index < -0.39 is 0 Å². The molecule has 2 aromatic carbocycles. The Morgan fingerprint density at radius 2 is 0.938 bits per heavy atom. The van der Waals surface area contributed by atoms with Crippen LogP contribution in [0.2, 0.25) is 0 Å². The number of amides is 2. The van der Waals surface area contributed by atoms with Gasteiger partial charge >= 0.3 is 0 Å². The standard InChI is InChI=1S/C28H40N2O2/c1-3-25(23-17-11-9-12-18-23)27(31)29-21-15-7-5-6-8-16-22-30-28(32)26(4-2)24-19-13-10-14-20-24/h9-14,17-20,25-26H,3-8,15-16,21-22H2,1-2H3,(H,29,31)(H,30,32). The van der Waals surface area contributed by atoms with E-state index in [0.717, 1.165) is 62.7 Å². The number of carbonyl (C=O) groups is 2. The molecule has 0 aliphatic rings. The SMILES string of the molecule is CCC(C(=O)NCCCCCCCCNC(=O)C(CC)c1ccccc1)c1ccccc1. The van der Waals surface area contributed by atoms with Crippen LogP contribution in [-0.4, -0.2) is 24.9 Å². The first-order chi connectivity index (χ1) is 15.7. The molecule has 2 amide bonds. The van der Waals surface area contributed by atoms with E-state index in [1.165, 1.54) is 12.8 Å². The zero-order chi connectivity index (χ0) is 23.0. The minimum atomic E-state index is -0.0550. The molecule has 0 saturated heterocycles. The van der Waals surface area contributed by atoms with Crippen molar-refractivity contribution in [2.45, 2.75) is 77.0 Å². The molecule has 2 rings (SSSR count). The molecule has 0 spiro atoms. The molecule has 2 N–H and O–H groups in total. The van der Waals surface area contributed by atoms with E-state index in [-0.39, 0.29) is 23.7 Å². The van der Waals surface area contributed by atoms with Crippen molar-refractivity contribution in [2.24, 2.45) is 0 Å². The van der Waals surface area contributed by atoms with Gasteiger partial charge in [0.2, 0.25) is 11.8 Å². The highest BCUT2D eigenvalue weighted by Crippen LogP contribution is 2.20. The van der Waals surface area contributed by atoms with Gasteiger partial charge in [0.1, 0.15) is 0 Å². The molecule has 0 radical (unpaired) electrons. The molecule has 0 aromatic heterocycles. The van der Waals surface area contributed by atoms with Crippen LogP contribution >= 0.6 is 0 Å². The van der Waals surface area contributed by atoms with E-state index in [2.05, 4.69) is 24.5 Å². The van der Waals surface area contributed by atoms with E-state index in [4.69, 9.17) is 0 Å². The molecule has 0 fully saturated rings. The Balaban J connectivity index is 1.50. The molecular weight excluding hydrogens is 396 g/mol. The summed E-state index contributed by atoms with van der Waals surface area (Å²) in [5, 5.41) is 6.20. The van der Waals surface area contributed by atoms with Gasteiger partial charge in [-0.3, -0.25) is 9.59 Å². The van der Waals surface area contributed by atoms with Gasteiger partial charge in [0, 0.05) is 13.1 Å². The zero-order valence-corrected chi connectivity index (χ0v) is 19.8. The van der Waals surface area contributed by atoms with Crippen LogP contribution in [0.5, 0.6) is 0 Å². The maximum absolute atomic E-state index is 12.5. The lowest BCUT2D eigenvalue weighted by atomic mass is 9.95. The molecule has 0 saturated carbocycles. The number of hydrogen-bond donors (Lipinski definition) is 2. The van der Waals surface area contributed by atoms with Crippen LogP contribution in [0.25, 0.3) is 0 Å². The van der Waals surface area contributed by atoms with Crippen LogP contribution in [-0.2, 0) is 9.59 Å². The maximum Gasteiger partial charge on any atom is 0.227 e. The van der Waals surface area contributed by atoms with Crippen molar-refractivity contribution in [1.29, 1.82) is 0 Å². The molecule has 0 aliphatic carbocycles. The first kappa shape index (κ1) is 25.6. The molecule has 0 bridgehead atoms. The van der Waals surface area contributed by atoms with Crippen LogP contribution in [0.1, 0.15) is 88.2 Å². The van der Waals surface area contributed by atoms with Crippen LogP contribution in [0.3, 0.4) is 0 Å². The molecule has 0 aliphatic heterocycles. The summed E-state index contributed by atoms with van der Waals surface area (Å²) in [6.45, 7) is 5.61. The third kappa shape index (κ3) is 8.86. The van der Waals surface area contributed by atoms with Gasteiger partial charge in [-0.25, -0.2) is 0 Å². The van der Waals surface area contributed by atoms with E-state index >= 15 is 0 Å². The summed E-state index contributed by atoms with van der Waals surface area (Å²) in [7, 11) is 0. The summed E-state index contributed by atoms with van der Waals surface area (Å²) in [4.78, 5) is 24.9. The summed E-state index contributed by atoms with van der Waals surface area (Å²) < 4.78 is 0. The summed E-state index contributed by atoms with van der Waals surface area (Å²) in [5.41, 5.74) is 2.18. The second-order valence-electron chi connectivity index (χ2n) is 8.45. The van der Waals surface area contributed by atoms with E-state index in [1.807, 2.05) is 60.7 Å². The zero-order valence-electron chi connectivity index (χ0n) is 19.8. The van der Waals surface area contributed by atoms with Gasteiger partial charge in [-0.1, -0.05) is 100 Å². The Kier molecular flexibility index (Phi) is 12.2. The molecule has 2 atom stereocenters. The van der Waals surface area contributed by atoms with Gasteiger partial charge < -0.3 is 10.6 Å². The fraction of sp³-hybridized carbons (Fsp3) is 0.500. The molecule has 174 valence electrons. The van der Waals surface area contributed by atoms with E-state index in [1.54, 1.807) is 0 Å². The predicted octanol–water partition coefficient (Wildman–Crippen LogP) is 5.95. The van der Waals surface area contributed by atoms with Gasteiger partial charge in [0.05, 0.1) is 11.8 Å². The van der Waals surface area contributed by atoms with Crippen molar-refractivity contribution < 1.29 is 9.59 Å². The largest absolute Gasteiger partial charge is 0.356 e. The van der Waals surface area contributed by atoms with Crippen molar-refractivity contribution in [1.82, 2.24) is 10.6 Å². The van der Waals surface area contributed by atoms with E-state index in [9.17, 15) is 9.59 Å². The predicted molar refractivity (Wildman–Crippen MR) is 133 cm³/mol. The summed E-state index contributed by atoms with van der Waals surface area (Å²) in [6.07, 6.45) is 8.25. The van der Waals surface area contributed by atoms with Crippen LogP contribution in [0, 0.1) is 0 Å². The van der Waals surface area contributed by atoms with Gasteiger partial charge in [0.15, 0.2) is 0 Å².